The van der Waals surface area contributed by atoms with Crippen LogP contribution in [0.3, 0.4) is 0 Å². The highest BCUT2D eigenvalue weighted by Gasteiger charge is 2.15. The van der Waals surface area contributed by atoms with Gasteiger partial charge in [0.25, 0.3) is 0 Å². The van der Waals surface area contributed by atoms with Crippen molar-refractivity contribution in [3.63, 3.8) is 0 Å². The Kier molecular flexibility index (Phi) is 4.45. The van der Waals surface area contributed by atoms with Crippen molar-refractivity contribution in [3.8, 4) is 0 Å². The molecule has 1 unspecified atom stereocenters. The lowest BCUT2D eigenvalue weighted by Crippen LogP contribution is -2.18. The zero-order valence-corrected chi connectivity index (χ0v) is 13.8. The smallest absolute Gasteiger partial charge is 0.111 e. The van der Waals surface area contributed by atoms with Gasteiger partial charge < -0.3 is 5.32 Å². The maximum Gasteiger partial charge on any atom is 0.111 e. The van der Waals surface area contributed by atoms with E-state index in [0.29, 0.717) is 10.0 Å². The summed E-state index contributed by atoms with van der Waals surface area (Å²) in [6.07, 6.45) is 0.802. The van der Waals surface area contributed by atoms with E-state index in [4.69, 9.17) is 28.2 Å². The number of halogens is 2. The van der Waals surface area contributed by atoms with Crippen molar-refractivity contribution in [1.82, 2.24) is 10.3 Å². The van der Waals surface area contributed by atoms with Gasteiger partial charge in [-0.25, -0.2) is 4.98 Å². The van der Waals surface area contributed by atoms with Gasteiger partial charge in [-0.2, -0.15) is 0 Å². The van der Waals surface area contributed by atoms with Crippen molar-refractivity contribution in [2.24, 2.45) is 0 Å². The van der Waals surface area contributed by atoms with Gasteiger partial charge in [0.05, 0.1) is 16.3 Å². The second kappa shape index (κ2) is 6.32. The van der Waals surface area contributed by atoms with Crippen LogP contribution >= 0.6 is 34.5 Å². The first-order chi connectivity index (χ1) is 10.2. The summed E-state index contributed by atoms with van der Waals surface area (Å²) in [7, 11) is 1.95. The molecular formula is C16H14Cl2N2S. The molecule has 5 heteroatoms. The molecule has 3 rings (SSSR count). The van der Waals surface area contributed by atoms with E-state index < -0.39 is 0 Å². The molecule has 1 atom stereocenters. The summed E-state index contributed by atoms with van der Waals surface area (Å²) >= 11 is 13.9. The average Bonchev–Trinajstić information content (AvgIpc) is 2.87. The standard InChI is InChI=1S/C16H14Cl2N2S/c1-19-14(8-10-6-11(17)9-12(18)7-10)16-20-13-4-2-3-5-15(13)21-16/h2-7,9,14,19H,8H2,1H3. The Morgan fingerprint density at radius 1 is 1.14 bits per heavy atom. The van der Waals surface area contributed by atoms with Gasteiger partial charge in [-0.15, -0.1) is 11.3 Å². The Morgan fingerprint density at radius 2 is 1.86 bits per heavy atom. The summed E-state index contributed by atoms with van der Waals surface area (Å²) in [5.74, 6) is 0. The number of aromatic nitrogens is 1. The zero-order valence-electron chi connectivity index (χ0n) is 11.4. The lowest BCUT2D eigenvalue weighted by molar-refractivity contribution is 0.589. The summed E-state index contributed by atoms with van der Waals surface area (Å²) in [6, 6.07) is 14.0. The highest BCUT2D eigenvalue weighted by atomic mass is 35.5. The molecule has 1 aromatic heterocycles. The number of nitrogens with one attached hydrogen (secondary N) is 1. The largest absolute Gasteiger partial charge is 0.311 e. The third-order valence-corrected chi connectivity index (χ3v) is 4.91. The van der Waals surface area contributed by atoms with Crippen LogP contribution in [-0.2, 0) is 6.42 Å². The van der Waals surface area contributed by atoms with Crippen LogP contribution in [0, 0.1) is 0 Å². The van der Waals surface area contributed by atoms with Crippen molar-refractivity contribution < 1.29 is 0 Å². The zero-order chi connectivity index (χ0) is 14.8. The molecule has 1 N–H and O–H groups in total. The Hall–Kier alpha value is -1.13. The quantitative estimate of drug-likeness (QED) is 0.716. The van der Waals surface area contributed by atoms with Crippen LogP contribution in [0.2, 0.25) is 10.0 Å². The van der Waals surface area contributed by atoms with Crippen molar-refractivity contribution in [2.45, 2.75) is 12.5 Å². The van der Waals surface area contributed by atoms with Crippen LogP contribution in [0.25, 0.3) is 10.2 Å². The monoisotopic (exact) mass is 336 g/mol. The van der Waals surface area contributed by atoms with E-state index in [1.807, 2.05) is 37.4 Å². The molecule has 21 heavy (non-hydrogen) atoms. The SMILES string of the molecule is CNC(Cc1cc(Cl)cc(Cl)c1)c1nc2ccccc2s1. The molecule has 0 saturated carbocycles. The van der Waals surface area contributed by atoms with Gasteiger partial charge in [0.1, 0.15) is 5.01 Å². The minimum absolute atomic E-state index is 0.150. The van der Waals surface area contributed by atoms with E-state index in [9.17, 15) is 0 Å². The molecule has 0 bridgehead atoms. The van der Waals surface area contributed by atoms with Crippen molar-refractivity contribution in [3.05, 3.63) is 63.1 Å². The maximum absolute atomic E-state index is 6.07. The fraction of sp³-hybridized carbons (Fsp3) is 0.188. The Labute approximate surface area is 137 Å². The second-order valence-corrected chi connectivity index (χ2v) is 6.78. The minimum Gasteiger partial charge on any atom is -0.311 e. The molecule has 2 nitrogen and oxygen atoms in total. The molecule has 0 aliphatic heterocycles. The highest BCUT2D eigenvalue weighted by Crippen LogP contribution is 2.29. The van der Waals surface area contributed by atoms with Gasteiger partial charge in [0, 0.05) is 10.0 Å². The van der Waals surface area contributed by atoms with Gasteiger partial charge in [0.15, 0.2) is 0 Å². The fourth-order valence-electron chi connectivity index (χ4n) is 2.32. The number of para-hydroxylation sites is 1. The van der Waals surface area contributed by atoms with E-state index in [1.54, 1.807) is 17.4 Å². The normalized spacial score (nSPS) is 12.7. The lowest BCUT2D eigenvalue weighted by atomic mass is 10.1. The Bertz CT molecular complexity index is 717. The number of hydrogen-bond acceptors (Lipinski definition) is 3. The van der Waals surface area contributed by atoms with Crippen molar-refractivity contribution in [1.29, 1.82) is 0 Å². The van der Waals surface area contributed by atoms with Gasteiger partial charge >= 0.3 is 0 Å². The van der Waals surface area contributed by atoms with Gasteiger partial charge in [-0.3, -0.25) is 0 Å². The van der Waals surface area contributed by atoms with Crippen LogP contribution in [-0.4, -0.2) is 12.0 Å². The van der Waals surface area contributed by atoms with E-state index in [-0.39, 0.29) is 6.04 Å². The molecule has 108 valence electrons. The number of likely N-dealkylation sites (N-methyl/N-ethyl adjacent to an activating group) is 1. The maximum atomic E-state index is 6.07. The first-order valence-corrected chi connectivity index (χ1v) is 8.20. The van der Waals surface area contributed by atoms with Crippen LogP contribution in [0.15, 0.2) is 42.5 Å². The fourth-order valence-corrected chi connectivity index (χ4v) is 3.97. The molecule has 0 radical (unpaired) electrons. The van der Waals surface area contributed by atoms with Crippen LogP contribution in [0.1, 0.15) is 16.6 Å². The number of nitrogens with zero attached hydrogens (tertiary/aromatic N) is 1. The molecule has 0 spiro atoms. The van der Waals surface area contributed by atoms with Gasteiger partial charge in [-0.05, 0) is 49.4 Å². The first-order valence-electron chi connectivity index (χ1n) is 6.63. The van der Waals surface area contributed by atoms with Crippen LogP contribution < -0.4 is 5.32 Å². The van der Waals surface area contributed by atoms with Gasteiger partial charge in [-0.1, -0.05) is 35.3 Å². The summed E-state index contributed by atoms with van der Waals surface area (Å²) in [5, 5.41) is 5.73. The van der Waals surface area contributed by atoms with Gasteiger partial charge in [0.2, 0.25) is 0 Å². The predicted octanol–water partition coefficient (Wildman–Crippen LogP) is 5.11. The molecule has 2 aromatic carbocycles. The molecular weight excluding hydrogens is 323 g/mol. The number of thiazole rings is 1. The Balaban J connectivity index is 1.90. The number of fused-ring (bicyclic) bond motifs is 1. The van der Waals surface area contributed by atoms with E-state index >= 15 is 0 Å². The predicted molar refractivity (Wildman–Crippen MR) is 91.6 cm³/mol. The number of benzene rings is 2. The third-order valence-electron chi connectivity index (χ3n) is 3.32. The second-order valence-electron chi connectivity index (χ2n) is 4.84. The molecule has 0 fully saturated rings. The topological polar surface area (TPSA) is 24.9 Å². The molecule has 0 amide bonds. The Morgan fingerprint density at radius 3 is 2.52 bits per heavy atom. The van der Waals surface area contributed by atoms with Crippen LogP contribution in [0.5, 0.6) is 0 Å². The summed E-state index contributed by atoms with van der Waals surface area (Å²) < 4.78 is 1.21. The number of rotatable bonds is 4. The molecule has 3 aromatic rings. The first kappa shape index (κ1) is 14.8. The minimum atomic E-state index is 0.150. The molecule has 0 saturated heterocycles. The van der Waals surface area contributed by atoms with Crippen molar-refractivity contribution >= 4 is 44.8 Å². The van der Waals surface area contributed by atoms with E-state index in [2.05, 4.69) is 11.4 Å². The summed E-state index contributed by atoms with van der Waals surface area (Å²) in [4.78, 5) is 4.71. The molecule has 0 aliphatic carbocycles. The van der Waals surface area contributed by atoms with Crippen LogP contribution in [0.4, 0.5) is 0 Å². The molecule has 1 heterocycles. The average molecular weight is 337 g/mol. The summed E-state index contributed by atoms with van der Waals surface area (Å²) in [6.45, 7) is 0. The van der Waals surface area contributed by atoms with E-state index in [1.165, 1.54) is 4.70 Å². The highest BCUT2D eigenvalue weighted by molar-refractivity contribution is 7.18. The summed E-state index contributed by atoms with van der Waals surface area (Å²) in [5.41, 5.74) is 2.15. The van der Waals surface area contributed by atoms with E-state index in [0.717, 1.165) is 22.5 Å². The number of hydrogen-bond donors (Lipinski definition) is 1. The molecule has 0 aliphatic rings. The van der Waals surface area contributed by atoms with Crippen molar-refractivity contribution in [2.75, 3.05) is 7.05 Å². The lowest BCUT2D eigenvalue weighted by Gasteiger charge is -2.13. The third kappa shape index (κ3) is 3.38.